The molecular formula is C17H42OS. The van der Waals surface area contributed by atoms with Crippen molar-refractivity contribution < 1.29 is 4.74 Å². The highest BCUT2D eigenvalue weighted by atomic mass is 32.2. The third-order valence-electron chi connectivity index (χ3n) is 2.30. The van der Waals surface area contributed by atoms with E-state index in [0.29, 0.717) is 0 Å². The van der Waals surface area contributed by atoms with Crippen LogP contribution in [0.1, 0.15) is 81.6 Å². The van der Waals surface area contributed by atoms with Crippen LogP contribution in [0.2, 0.25) is 0 Å². The molecule has 0 radical (unpaired) electrons. The van der Waals surface area contributed by atoms with Crippen LogP contribution >= 0.6 is 11.8 Å². The summed E-state index contributed by atoms with van der Waals surface area (Å²) in [5, 5.41) is 0. The molecule has 0 spiro atoms. The zero-order chi connectivity index (χ0) is 16.3. The molecule has 0 unspecified atom stereocenters. The van der Waals surface area contributed by atoms with Crippen molar-refractivity contribution in [2.75, 3.05) is 19.1 Å². The molecule has 0 aliphatic carbocycles. The number of hydrogen-bond donors (Lipinski definition) is 0. The molecule has 1 nitrogen and oxygen atoms in total. The van der Waals surface area contributed by atoms with E-state index in [-0.39, 0.29) is 5.60 Å². The second kappa shape index (κ2) is 23.4. The minimum atomic E-state index is 0.0920. The Hall–Kier alpha value is 0.310. The lowest BCUT2D eigenvalue weighted by Gasteiger charge is -2.21. The monoisotopic (exact) mass is 294 g/mol. The normalized spacial score (nSPS) is 9.47. The maximum atomic E-state index is 5.18. The first kappa shape index (κ1) is 27.6. The Bertz CT molecular complexity index is 122. The van der Waals surface area contributed by atoms with Crippen molar-refractivity contribution in [3.05, 3.63) is 0 Å². The minimum absolute atomic E-state index is 0.0920. The Morgan fingerprint density at radius 1 is 1.05 bits per heavy atom. The summed E-state index contributed by atoms with van der Waals surface area (Å²) in [6.07, 6.45) is 5.86. The van der Waals surface area contributed by atoms with Gasteiger partial charge in [-0.3, -0.25) is 0 Å². The van der Waals surface area contributed by atoms with E-state index < -0.39 is 0 Å². The maximum Gasteiger partial charge on any atom is 0.0622 e. The van der Waals surface area contributed by atoms with Gasteiger partial charge in [-0.2, -0.15) is 11.8 Å². The lowest BCUT2D eigenvalue weighted by atomic mass is 10.0. The van der Waals surface area contributed by atoms with Crippen LogP contribution in [-0.2, 0) is 4.74 Å². The highest BCUT2D eigenvalue weighted by Gasteiger charge is 2.13. The molecular weight excluding hydrogens is 252 g/mol. The summed E-state index contributed by atoms with van der Waals surface area (Å²) in [6.45, 7) is 18.9. The molecule has 0 fully saturated rings. The third kappa shape index (κ3) is 38.1. The van der Waals surface area contributed by atoms with E-state index >= 15 is 0 Å². The lowest BCUT2D eigenvalue weighted by molar-refractivity contribution is 0.0149. The van der Waals surface area contributed by atoms with Crippen molar-refractivity contribution in [3.63, 3.8) is 0 Å². The van der Waals surface area contributed by atoms with E-state index in [4.69, 9.17) is 4.74 Å². The number of rotatable bonds is 6. The van der Waals surface area contributed by atoms with Crippen LogP contribution in [0.4, 0.5) is 0 Å². The number of ether oxygens (including phenoxy) is 1. The summed E-state index contributed by atoms with van der Waals surface area (Å²) in [6, 6.07) is 0. The van der Waals surface area contributed by atoms with Gasteiger partial charge in [-0.05, 0) is 44.6 Å². The van der Waals surface area contributed by atoms with Crippen LogP contribution in [0.3, 0.4) is 0 Å². The zero-order valence-corrected chi connectivity index (χ0v) is 16.5. The molecule has 0 aliphatic rings. The number of methoxy groups -OCH3 is 1. The molecule has 0 amide bonds. The summed E-state index contributed by atoms with van der Waals surface area (Å²) in [4.78, 5) is 0. The summed E-state index contributed by atoms with van der Waals surface area (Å²) in [5.41, 5.74) is 0.0920. The topological polar surface area (TPSA) is 9.23 Å². The Balaban J connectivity index is -0.0000000941. The molecule has 19 heavy (non-hydrogen) atoms. The molecule has 0 aromatic heterocycles. The van der Waals surface area contributed by atoms with Crippen molar-refractivity contribution in [1.29, 1.82) is 0 Å². The Morgan fingerprint density at radius 3 is 1.58 bits per heavy atom. The first-order chi connectivity index (χ1) is 8.89. The number of thioether (sulfide) groups is 1. The van der Waals surface area contributed by atoms with E-state index in [1.54, 1.807) is 7.11 Å². The third-order valence-corrected chi connectivity index (χ3v) is 2.95. The largest absolute Gasteiger partial charge is 0.379 e. The molecule has 0 aromatic carbocycles. The lowest BCUT2D eigenvalue weighted by Crippen LogP contribution is -2.21. The highest BCUT2D eigenvalue weighted by molar-refractivity contribution is 7.98. The van der Waals surface area contributed by atoms with E-state index in [2.05, 4.69) is 40.9 Å². The van der Waals surface area contributed by atoms with Gasteiger partial charge >= 0.3 is 0 Å². The smallest absolute Gasteiger partial charge is 0.0622 e. The summed E-state index contributed by atoms with van der Waals surface area (Å²) in [5.74, 6) is 2.20. The second-order valence-corrected chi connectivity index (χ2v) is 5.87. The molecule has 0 bridgehead atoms. The van der Waals surface area contributed by atoms with Crippen LogP contribution < -0.4 is 0 Å². The van der Waals surface area contributed by atoms with E-state index in [0.717, 1.165) is 12.3 Å². The quantitative estimate of drug-likeness (QED) is 0.541. The Labute approximate surface area is 129 Å². The van der Waals surface area contributed by atoms with Gasteiger partial charge in [0.1, 0.15) is 0 Å². The molecule has 0 aliphatic heterocycles. The van der Waals surface area contributed by atoms with Gasteiger partial charge in [0, 0.05) is 7.11 Å². The van der Waals surface area contributed by atoms with Crippen LogP contribution in [-0.4, -0.2) is 24.7 Å². The van der Waals surface area contributed by atoms with Crippen molar-refractivity contribution in [3.8, 4) is 0 Å². The average Bonchev–Trinajstić information content (AvgIpc) is 2.41. The number of hydrogen-bond acceptors (Lipinski definition) is 2. The predicted octanol–water partition coefficient (Wildman–Crippen LogP) is 6.66. The average molecular weight is 295 g/mol. The first-order valence-corrected chi connectivity index (χ1v) is 9.33. The van der Waals surface area contributed by atoms with Gasteiger partial charge in [0.05, 0.1) is 5.60 Å². The van der Waals surface area contributed by atoms with Gasteiger partial charge in [0.15, 0.2) is 0 Å². The fourth-order valence-electron chi connectivity index (χ4n) is 1.06. The van der Waals surface area contributed by atoms with Crippen LogP contribution in [0.15, 0.2) is 0 Å². The van der Waals surface area contributed by atoms with Gasteiger partial charge in [-0.15, -0.1) is 0 Å². The van der Waals surface area contributed by atoms with Gasteiger partial charge in [0.2, 0.25) is 0 Å². The van der Waals surface area contributed by atoms with E-state index in [1.807, 2.05) is 39.5 Å². The fraction of sp³-hybridized carbons (Fsp3) is 1.00. The summed E-state index contributed by atoms with van der Waals surface area (Å²) < 4.78 is 5.18. The van der Waals surface area contributed by atoms with Crippen molar-refractivity contribution in [2.24, 2.45) is 5.92 Å². The molecule has 0 atom stereocenters. The Kier molecular flexibility index (Phi) is 34.0. The molecule has 0 heterocycles. The van der Waals surface area contributed by atoms with Crippen molar-refractivity contribution in [1.82, 2.24) is 0 Å². The molecule has 0 saturated heterocycles. The van der Waals surface area contributed by atoms with Gasteiger partial charge in [-0.25, -0.2) is 0 Å². The zero-order valence-electron chi connectivity index (χ0n) is 15.7. The highest BCUT2D eigenvalue weighted by Crippen LogP contribution is 2.13. The van der Waals surface area contributed by atoms with Crippen LogP contribution in [0, 0.1) is 5.92 Å². The van der Waals surface area contributed by atoms with Crippen LogP contribution in [0.5, 0.6) is 0 Å². The van der Waals surface area contributed by atoms with Gasteiger partial charge in [-0.1, -0.05) is 54.9 Å². The van der Waals surface area contributed by atoms with Crippen molar-refractivity contribution >= 4 is 11.8 Å². The molecule has 2 heteroatoms. The van der Waals surface area contributed by atoms with E-state index in [9.17, 15) is 0 Å². The van der Waals surface area contributed by atoms with Crippen molar-refractivity contribution in [2.45, 2.75) is 87.2 Å². The molecule has 0 saturated carbocycles. The standard InChI is InChI=1S/C7H16O.C6H14S.2C2H6/c1-5-6-7(2,3)8-4;1-6(2)4-5-7-3;2*1-2/h5-6H2,1-4H3;6H,4-5H2,1-3H3;2*1-2H3. The van der Waals surface area contributed by atoms with E-state index in [1.165, 1.54) is 18.6 Å². The molecule has 122 valence electrons. The summed E-state index contributed by atoms with van der Waals surface area (Å²) >= 11 is 1.93. The fourth-order valence-corrected chi connectivity index (χ4v) is 1.76. The maximum absolute atomic E-state index is 5.18. The van der Waals surface area contributed by atoms with Gasteiger partial charge < -0.3 is 4.74 Å². The summed E-state index contributed by atoms with van der Waals surface area (Å²) in [7, 11) is 1.76. The van der Waals surface area contributed by atoms with Crippen LogP contribution in [0.25, 0.3) is 0 Å². The minimum Gasteiger partial charge on any atom is -0.379 e. The second-order valence-electron chi connectivity index (χ2n) is 4.89. The van der Waals surface area contributed by atoms with Gasteiger partial charge in [0.25, 0.3) is 0 Å². The predicted molar refractivity (Wildman–Crippen MR) is 96.5 cm³/mol. The molecule has 0 aromatic rings. The SMILES string of the molecule is CC.CC.CCCC(C)(C)OC.CSCCC(C)C. The Morgan fingerprint density at radius 2 is 1.47 bits per heavy atom. The molecule has 0 rings (SSSR count). The first-order valence-electron chi connectivity index (χ1n) is 7.93. The molecule has 0 N–H and O–H groups in total.